The van der Waals surface area contributed by atoms with Gasteiger partial charge in [-0.2, -0.15) is 0 Å². The van der Waals surface area contributed by atoms with E-state index in [9.17, 15) is 19.8 Å². The first-order chi connectivity index (χ1) is 16.4. The molecule has 4 aliphatic rings. The number of ketones is 2. The van der Waals surface area contributed by atoms with E-state index in [4.69, 9.17) is 27.9 Å². The summed E-state index contributed by atoms with van der Waals surface area (Å²) >= 11 is 12.3. The minimum absolute atomic E-state index is 0.0397. The Balaban J connectivity index is 1.40. The van der Waals surface area contributed by atoms with Crippen LogP contribution in [-0.2, 0) is 9.59 Å². The van der Waals surface area contributed by atoms with Gasteiger partial charge in [0.1, 0.15) is 18.0 Å². The fourth-order valence-corrected chi connectivity index (χ4v) is 8.93. The largest absolute Gasteiger partial charge is 0.484 e. The van der Waals surface area contributed by atoms with Crippen LogP contribution in [0.1, 0.15) is 64.4 Å². The zero-order chi connectivity index (χ0) is 25.3. The maximum Gasteiger partial charge on any atom is 0.202 e. The number of ether oxygens (including phenoxy) is 1. The third kappa shape index (κ3) is 3.72. The van der Waals surface area contributed by atoms with Crippen molar-refractivity contribution >= 4 is 34.8 Å². The maximum absolute atomic E-state index is 13.5. The Hall–Kier alpha value is -1.40. The Morgan fingerprint density at radius 1 is 1.17 bits per heavy atom. The normalized spacial score (nSPS) is 40.4. The third-order valence-electron chi connectivity index (χ3n) is 10.1. The van der Waals surface area contributed by atoms with Gasteiger partial charge in [-0.3, -0.25) is 9.59 Å². The second-order valence-electron chi connectivity index (χ2n) is 11.7. The molecule has 0 amide bonds. The summed E-state index contributed by atoms with van der Waals surface area (Å²) < 4.78 is 5.81. The summed E-state index contributed by atoms with van der Waals surface area (Å²) in [7, 11) is 0. The average Bonchev–Trinajstić information content (AvgIpc) is 3.04. The Kier molecular flexibility index (Phi) is 6.19. The van der Waals surface area contributed by atoms with E-state index in [1.807, 2.05) is 19.9 Å². The molecule has 0 aromatic heterocycles. The second-order valence-corrected chi connectivity index (χ2v) is 12.6. The number of benzene rings is 1. The molecule has 5 rings (SSSR count). The Morgan fingerprint density at radius 2 is 1.91 bits per heavy atom. The number of carbonyl (C=O) groups excluding carboxylic acids is 2. The van der Waals surface area contributed by atoms with Crippen molar-refractivity contribution in [3.63, 3.8) is 0 Å². The van der Waals surface area contributed by atoms with E-state index in [0.717, 1.165) is 31.2 Å². The molecule has 1 aromatic carbocycles. The molecule has 4 aliphatic carbocycles. The van der Waals surface area contributed by atoms with Gasteiger partial charge in [0, 0.05) is 16.9 Å². The fourth-order valence-electron chi connectivity index (χ4n) is 8.28. The van der Waals surface area contributed by atoms with Crippen LogP contribution < -0.4 is 4.74 Å². The van der Waals surface area contributed by atoms with Crippen LogP contribution in [0.4, 0.5) is 0 Å². The molecule has 0 aliphatic heterocycles. The van der Waals surface area contributed by atoms with Crippen LogP contribution in [0, 0.1) is 35.5 Å². The molecule has 7 atom stereocenters. The smallest absolute Gasteiger partial charge is 0.202 e. The van der Waals surface area contributed by atoms with Gasteiger partial charge in [-0.15, -0.1) is 0 Å². The molecule has 0 radical (unpaired) electrons. The molecular weight excluding hydrogens is 487 g/mol. The number of aliphatic hydroxyl groups excluding tert-OH is 1. The number of rotatable bonds is 4. The van der Waals surface area contributed by atoms with E-state index in [1.165, 1.54) is 5.57 Å². The SMILES string of the molecule is Cc1cc(Cl)cc(Cl)c1OCC(=O)[C@@]1(O)CCC2C3CCC4=CC(=O)CCC4(C)C3C(O)CC21C. The molecule has 6 unspecified atom stereocenters. The molecule has 7 heteroatoms. The molecule has 0 heterocycles. The summed E-state index contributed by atoms with van der Waals surface area (Å²) in [4.78, 5) is 25.6. The van der Waals surface area contributed by atoms with Crippen molar-refractivity contribution in [3.05, 3.63) is 39.4 Å². The van der Waals surface area contributed by atoms with Crippen molar-refractivity contribution in [2.24, 2.45) is 28.6 Å². The lowest BCUT2D eigenvalue weighted by Crippen LogP contribution is -2.62. The summed E-state index contributed by atoms with van der Waals surface area (Å²) in [5.41, 5.74) is -0.622. The highest BCUT2D eigenvalue weighted by Gasteiger charge is 2.68. The molecule has 5 nitrogen and oxygen atoms in total. The molecule has 190 valence electrons. The van der Waals surface area contributed by atoms with Crippen molar-refractivity contribution in [2.75, 3.05) is 6.61 Å². The quantitative estimate of drug-likeness (QED) is 0.548. The number of hydrogen-bond donors (Lipinski definition) is 2. The first-order valence-corrected chi connectivity index (χ1v) is 13.4. The Morgan fingerprint density at radius 3 is 2.63 bits per heavy atom. The molecule has 0 saturated heterocycles. The number of aliphatic hydroxyl groups is 2. The summed E-state index contributed by atoms with van der Waals surface area (Å²) in [6, 6.07) is 3.29. The van der Waals surface area contributed by atoms with Gasteiger partial charge in [0.05, 0.1) is 11.1 Å². The van der Waals surface area contributed by atoms with Gasteiger partial charge in [0.25, 0.3) is 0 Å². The van der Waals surface area contributed by atoms with Crippen LogP contribution in [-0.4, -0.2) is 40.1 Å². The van der Waals surface area contributed by atoms with Gasteiger partial charge >= 0.3 is 0 Å². The van der Waals surface area contributed by atoms with Crippen LogP contribution in [0.15, 0.2) is 23.8 Å². The summed E-state index contributed by atoms with van der Waals surface area (Å²) in [5.74, 6) is 0.574. The Bertz CT molecular complexity index is 1090. The van der Waals surface area contributed by atoms with Crippen molar-refractivity contribution < 1.29 is 24.5 Å². The summed E-state index contributed by atoms with van der Waals surface area (Å²) in [6.45, 7) is 5.69. The maximum atomic E-state index is 13.5. The number of carbonyl (C=O) groups is 2. The van der Waals surface area contributed by atoms with Crippen LogP contribution in [0.2, 0.25) is 10.0 Å². The minimum atomic E-state index is -1.57. The fraction of sp³-hybridized carbons (Fsp3) is 0.643. The highest BCUT2D eigenvalue weighted by molar-refractivity contribution is 6.35. The highest BCUT2D eigenvalue weighted by Crippen LogP contribution is 2.67. The van der Waals surface area contributed by atoms with E-state index in [0.29, 0.717) is 35.1 Å². The first-order valence-electron chi connectivity index (χ1n) is 12.7. The molecule has 3 saturated carbocycles. The summed E-state index contributed by atoms with van der Waals surface area (Å²) in [6.07, 6.45) is 5.62. The van der Waals surface area contributed by atoms with Crippen molar-refractivity contribution in [1.82, 2.24) is 0 Å². The van der Waals surface area contributed by atoms with Crippen LogP contribution in [0.5, 0.6) is 5.75 Å². The van der Waals surface area contributed by atoms with Gasteiger partial charge in [-0.1, -0.05) is 42.6 Å². The number of aryl methyl sites for hydroxylation is 1. The topological polar surface area (TPSA) is 83.8 Å². The molecular formula is C28H34Cl2O5. The van der Waals surface area contributed by atoms with E-state index in [1.54, 1.807) is 12.1 Å². The van der Waals surface area contributed by atoms with E-state index in [-0.39, 0.29) is 41.3 Å². The lowest BCUT2D eigenvalue weighted by molar-refractivity contribution is -0.181. The van der Waals surface area contributed by atoms with Crippen molar-refractivity contribution in [3.8, 4) is 5.75 Å². The summed E-state index contributed by atoms with van der Waals surface area (Å²) in [5, 5.41) is 24.2. The van der Waals surface area contributed by atoms with Crippen molar-refractivity contribution in [2.45, 2.75) is 77.4 Å². The van der Waals surface area contributed by atoms with Gasteiger partial charge in [-0.25, -0.2) is 0 Å². The lowest BCUT2D eigenvalue weighted by atomic mass is 9.45. The van der Waals surface area contributed by atoms with Crippen molar-refractivity contribution in [1.29, 1.82) is 0 Å². The standard InChI is InChI=1S/C28H34Cl2O5/c1-15-10-17(29)12-21(30)25(15)35-14-23(33)28(34)9-7-20-19-5-4-16-11-18(31)6-8-26(16,2)24(19)22(32)13-27(20,28)3/h10-12,19-20,22,24,32,34H,4-9,13-14H2,1-3H3/t19?,20?,22?,24?,26?,27?,28-/m0/s1. The van der Waals surface area contributed by atoms with Gasteiger partial charge in [0.2, 0.25) is 5.78 Å². The number of Topliss-reactive ketones (excluding diaryl/α,β-unsaturated/α-hetero) is 1. The molecule has 1 aromatic rings. The highest BCUT2D eigenvalue weighted by atomic mass is 35.5. The van der Waals surface area contributed by atoms with Gasteiger partial charge in [0.15, 0.2) is 5.78 Å². The number of halogens is 2. The zero-order valence-electron chi connectivity index (χ0n) is 20.6. The zero-order valence-corrected chi connectivity index (χ0v) is 22.1. The first kappa shape index (κ1) is 25.3. The molecule has 35 heavy (non-hydrogen) atoms. The van der Waals surface area contributed by atoms with E-state index in [2.05, 4.69) is 6.92 Å². The minimum Gasteiger partial charge on any atom is -0.484 e. The average molecular weight is 521 g/mol. The number of allylic oxidation sites excluding steroid dienone is 1. The van der Waals surface area contributed by atoms with E-state index < -0.39 is 17.1 Å². The van der Waals surface area contributed by atoms with Gasteiger partial charge in [-0.05, 0) is 92.4 Å². The number of hydrogen-bond acceptors (Lipinski definition) is 5. The molecule has 0 bridgehead atoms. The lowest BCUT2D eigenvalue weighted by Gasteiger charge is -2.60. The molecule has 3 fully saturated rings. The monoisotopic (exact) mass is 520 g/mol. The van der Waals surface area contributed by atoms with Crippen LogP contribution in [0.25, 0.3) is 0 Å². The number of fused-ring (bicyclic) bond motifs is 5. The van der Waals surface area contributed by atoms with E-state index >= 15 is 0 Å². The Labute approximate surface area is 216 Å². The molecule has 0 spiro atoms. The second kappa shape index (κ2) is 8.58. The van der Waals surface area contributed by atoms with Crippen LogP contribution in [0.3, 0.4) is 0 Å². The predicted octanol–water partition coefficient (Wildman–Crippen LogP) is 5.48. The van der Waals surface area contributed by atoms with Crippen LogP contribution >= 0.6 is 23.2 Å². The molecule has 2 N–H and O–H groups in total. The predicted molar refractivity (Wildman–Crippen MR) is 135 cm³/mol. The third-order valence-corrected chi connectivity index (χ3v) is 10.6. The van der Waals surface area contributed by atoms with Gasteiger partial charge < -0.3 is 14.9 Å².